The molecule has 1 amide bonds. The van der Waals surface area contributed by atoms with Crippen molar-refractivity contribution in [1.82, 2.24) is 10.2 Å². The first-order chi connectivity index (χ1) is 13.0. The Kier molecular flexibility index (Phi) is 4.63. The number of ether oxygens (including phenoxy) is 2. The third-order valence-electron chi connectivity index (χ3n) is 4.42. The predicted molar refractivity (Wildman–Crippen MR) is 98.6 cm³/mol. The zero-order valence-corrected chi connectivity index (χ0v) is 15.3. The van der Waals surface area contributed by atoms with Gasteiger partial charge in [-0.1, -0.05) is 6.07 Å². The average molecular weight is 389 g/mol. The molecule has 2 aromatic carbocycles. The molecule has 0 saturated carbocycles. The molecule has 2 aliphatic heterocycles. The van der Waals surface area contributed by atoms with E-state index in [-0.39, 0.29) is 17.6 Å². The van der Waals surface area contributed by atoms with Crippen molar-refractivity contribution in [2.45, 2.75) is 4.90 Å². The number of sulfonamides is 1. The molecular formula is C18H19N3O5S. The second-order valence-electron chi connectivity index (χ2n) is 6.24. The summed E-state index contributed by atoms with van der Waals surface area (Å²) in [4.78, 5) is 14.4. The van der Waals surface area contributed by atoms with E-state index in [0.717, 1.165) is 13.1 Å². The molecular weight excluding hydrogens is 370 g/mol. The minimum Gasteiger partial charge on any atom is -0.454 e. The lowest BCUT2D eigenvalue weighted by Gasteiger charge is -2.27. The van der Waals surface area contributed by atoms with Gasteiger partial charge in [-0.25, -0.2) is 8.42 Å². The monoisotopic (exact) mass is 389 g/mol. The Bertz CT molecular complexity index is 971. The summed E-state index contributed by atoms with van der Waals surface area (Å²) in [6.07, 6.45) is 0. The Morgan fingerprint density at radius 1 is 1.04 bits per heavy atom. The zero-order valence-electron chi connectivity index (χ0n) is 14.5. The normalized spacial score (nSPS) is 16.2. The Morgan fingerprint density at radius 3 is 2.63 bits per heavy atom. The van der Waals surface area contributed by atoms with Crippen molar-refractivity contribution in [2.24, 2.45) is 0 Å². The van der Waals surface area contributed by atoms with E-state index >= 15 is 0 Å². The van der Waals surface area contributed by atoms with Gasteiger partial charge in [-0.15, -0.1) is 0 Å². The first kappa shape index (κ1) is 17.6. The topological polar surface area (TPSA) is 97.0 Å². The van der Waals surface area contributed by atoms with Crippen LogP contribution in [0.3, 0.4) is 0 Å². The highest BCUT2D eigenvalue weighted by atomic mass is 32.2. The molecule has 0 bridgehead atoms. The lowest BCUT2D eigenvalue weighted by Crippen LogP contribution is -2.46. The second kappa shape index (κ2) is 7.09. The third kappa shape index (κ3) is 3.69. The van der Waals surface area contributed by atoms with Crippen molar-refractivity contribution in [3.05, 3.63) is 48.0 Å². The predicted octanol–water partition coefficient (Wildman–Crippen LogP) is 1.26. The molecule has 0 atom stereocenters. The maximum Gasteiger partial charge on any atom is 0.261 e. The summed E-state index contributed by atoms with van der Waals surface area (Å²) in [7, 11) is -3.85. The van der Waals surface area contributed by atoms with E-state index in [1.807, 2.05) is 0 Å². The molecule has 142 valence electrons. The number of benzene rings is 2. The van der Waals surface area contributed by atoms with Crippen LogP contribution in [0.15, 0.2) is 47.4 Å². The number of piperazine rings is 1. The van der Waals surface area contributed by atoms with E-state index in [4.69, 9.17) is 9.47 Å². The minimum atomic E-state index is -3.85. The van der Waals surface area contributed by atoms with Crippen LogP contribution in [0.5, 0.6) is 11.5 Å². The van der Waals surface area contributed by atoms with Crippen LogP contribution < -0.4 is 19.5 Å². The molecule has 0 radical (unpaired) electrons. The Balaban J connectivity index is 1.55. The van der Waals surface area contributed by atoms with Crippen LogP contribution in [-0.2, 0) is 10.0 Å². The number of anilines is 1. The Labute approximate surface area is 157 Å². The summed E-state index contributed by atoms with van der Waals surface area (Å²) in [6.45, 7) is 2.78. The van der Waals surface area contributed by atoms with E-state index in [1.165, 1.54) is 12.1 Å². The van der Waals surface area contributed by atoms with Crippen molar-refractivity contribution in [2.75, 3.05) is 37.7 Å². The summed E-state index contributed by atoms with van der Waals surface area (Å²) < 4.78 is 38.5. The molecule has 1 saturated heterocycles. The van der Waals surface area contributed by atoms with Gasteiger partial charge in [0.2, 0.25) is 6.79 Å². The summed E-state index contributed by atoms with van der Waals surface area (Å²) in [5.41, 5.74) is 0.712. The Hall–Kier alpha value is -2.78. The molecule has 9 heteroatoms. The number of nitrogens with one attached hydrogen (secondary N) is 2. The fraction of sp³-hybridized carbons (Fsp3) is 0.278. The molecule has 2 aliphatic rings. The van der Waals surface area contributed by atoms with Crippen molar-refractivity contribution < 1.29 is 22.7 Å². The van der Waals surface area contributed by atoms with Gasteiger partial charge in [0.1, 0.15) is 0 Å². The smallest absolute Gasteiger partial charge is 0.261 e. The lowest BCUT2D eigenvalue weighted by molar-refractivity contribution is 0.0735. The molecule has 8 nitrogen and oxygen atoms in total. The highest BCUT2D eigenvalue weighted by Gasteiger charge is 2.22. The fourth-order valence-electron chi connectivity index (χ4n) is 3.02. The zero-order chi connectivity index (χ0) is 18.9. The number of carbonyl (C=O) groups excluding carboxylic acids is 1. The highest BCUT2D eigenvalue weighted by molar-refractivity contribution is 7.92. The molecule has 0 aromatic heterocycles. The molecule has 0 aliphatic carbocycles. The van der Waals surface area contributed by atoms with E-state index in [1.54, 1.807) is 35.2 Å². The average Bonchev–Trinajstić information content (AvgIpc) is 3.16. The quantitative estimate of drug-likeness (QED) is 0.817. The highest BCUT2D eigenvalue weighted by Crippen LogP contribution is 2.34. The van der Waals surface area contributed by atoms with Crippen LogP contribution >= 0.6 is 0 Å². The van der Waals surface area contributed by atoms with E-state index in [0.29, 0.717) is 35.8 Å². The fourth-order valence-corrected chi connectivity index (χ4v) is 4.12. The van der Waals surface area contributed by atoms with E-state index < -0.39 is 10.0 Å². The van der Waals surface area contributed by atoms with Crippen LogP contribution in [0, 0.1) is 0 Å². The maximum absolute atomic E-state index is 12.7. The van der Waals surface area contributed by atoms with Crippen molar-refractivity contribution in [1.29, 1.82) is 0 Å². The van der Waals surface area contributed by atoms with Crippen LogP contribution in [0.25, 0.3) is 0 Å². The van der Waals surface area contributed by atoms with Gasteiger partial charge in [-0.05, 0) is 30.3 Å². The van der Waals surface area contributed by atoms with Crippen molar-refractivity contribution in [3.63, 3.8) is 0 Å². The lowest BCUT2D eigenvalue weighted by atomic mass is 10.2. The SMILES string of the molecule is O=C(c1cccc(S(=O)(=O)Nc2ccc3c(c2)OCO3)c1)N1CCNCC1. The molecule has 0 spiro atoms. The van der Waals surface area contributed by atoms with Crippen LogP contribution in [0.2, 0.25) is 0 Å². The van der Waals surface area contributed by atoms with Gasteiger partial charge in [0.15, 0.2) is 11.5 Å². The number of hydrogen-bond acceptors (Lipinski definition) is 6. The molecule has 0 unspecified atom stereocenters. The summed E-state index contributed by atoms with van der Waals surface area (Å²) >= 11 is 0. The van der Waals surface area contributed by atoms with Gasteiger partial charge in [-0.3, -0.25) is 9.52 Å². The summed E-state index contributed by atoms with van der Waals surface area (Å²) in [5, 5.41) is 3.18. The van der Waals surface area contributed by atoms with Gasteiger partial charge in [0.25, 0.3) is 15.9 Å². The van der Waals surface area contributed by atoms with Crippen LogP contribution in [0.4, 0.5) is 5.69 Å². The van der Waals surface area contributed by atoms with Gasteiger partial charge in [0, 0.05) is 37.8 Å². The number of nitrogens with zero attached hydrogens (tertiary/aromatic N) is 1. The molecule has 2 N–H and O–H groups in total. The van der Waals surface area contributed by atoms with Crippen molar-refractivity contribution in [3.8, 4) is 11.5 Å². The maximum atomic E-state index is 12.7. The van der Waals surface area contributed by atoms with Gasteiger partial charge >= 0.3 is 0 Å². The van der Waals surface area contributed by atoms with E-state index in [9.17, 15) is 13.2 Å². The number of rotatable bonds is 4. The summed E-state index contributed by atoms with van der Waals surface area (Å²) in [5.74, 6) is 0.885. The third-order valence-corrected chi connectivity index (χ3v) is 5.80. The van der Waals surface area contributed by atoms with Gasteiger partial charge < -0.3 is 19.7 Å². The number of amides is 1. The molecule has 4 rings (SSSR count). The number of fused-ring (bicyclic) bond motifs is 1. The molecule has 1 fully saturated rings. The first-order valence-electron chi connectivity index (χ1n) is 8.55. The first-order valence-corrected chi connectivity index (χ1v) is 10.0. The second-order valence-corrected chi connectivity index (χ2v) is 7.93. The molecule has 2 aromatic rings. The van der Waals surface area contributed by atoms with Crippen molar-refractivity contribution >= 4 is 21.6 Å². The molecule has 2 heterocycles. The number of hydrogen-bond donors (Lipinski definition) is 2. The molecule has 27 heavy (non-hydrogen) atoms. The standard InChI is InChI=1S/C18H19N3O5S/c22-18(21-8-6-19-7-9-21)13-2-1-3-15(10-13)27(23,24)20-14-4-5-16-17(11-14)26-12-25-16/h1-5,10-11,19-20H,6-9,12H2. The largest absolute Gasteiger partial charge is 0.454 e. The minimum absolute atomic E-state index is 0.0288. The van der Waals surface area contributed by atoms with Crippen LogP contribution in [-0.4, -0.2) is 52.2 Å². The number of carbonyl (C=O) groups is 1. The summed E-state index contributed by atoms with van der Waals surface area (Å²) in [6, 6.07) is 10.9. The van der Waals surface area contributed by atoms with Crippen LogP contribution in [0.1, 0.15) is 10.4 Å². The Morgan fingerprint density at radius 2 is 1.81 bits per heavy atom. The van der Waals surface area contributed by atoms with E-state index in [2.05, 4.69) is 10.0 Å². The van der Waals surface area contributed by atoms with Gasteiger partial charge in [0.05, 0.1) is 10.6 Å². The van der Waals surface area contributed by atoms with Gasteiger partial charge in [-0.2, -0.15) is 0 Å².